The summed E-state index contributed by atoms with van der Waals surface area (Å²) in [6.45, 7) is 3.98. The summed E-state index contributed by atoms with van der Waals surface area (Å²) in [5.74, 6) is 2.13. The first-order valence-electron chi connectivity index (χ1n) is 9.38. The molecule has 3 aromatic rings. The molecule has 0 aromatic carbocycles. The highest BCUT2D eigenvalue weighted by Crippen LogP contribution is 2.18. The van der Waals surface area contributed by atoms with E-state index in [0.29, 0.717) is 30.1 Å². The third kappa shape index (κ3) is 3.89. The fraction of sp³-hybridized carbons (Fsp3) is 0.421. The summed E-state index contributed by atoms with van der Waals surface area (Å²) in [7, 11) is 0. The highest BCUT2D eigenvalue weighted by Gasteiger charge is 2.15. The predicted octanol–water partition coefficient (Wildman–Crippen LogP) is 2.39. The van der Waals surface area contributed by atoms with Gasteiger partial charge in [-0.15, -0.1) is 15.3 Å². The largest absolute Gasteiger partial charge is 0.355 e. The van der Waals surface area contributed by atoms with E-state index in [4.69, 9.17) is 5.10 Å². The average Bonchev–Trinajstić information content (AvgIpc) is 3.11. The summed E-state index contributed by atoms with van der Waals surface area (Å²) >= 11 is 0. The van der Waals surface area contributed by atoms with E-state index < -0.39 is 0 Å². The summed E-state index contributed by atoms with van der Waals surface area (Å²) in [6.07, 6.45) is 6.10. The van der Waals surface area contributed by atoms with E-state index in [9.17, 15) is 4.79 Å². The van der Waals surface area contributed by atoms with Gasteiger partial charge in [0.2, 0.25) is 5.91 Å². The second kappa shape index (κ2) is 7.69. The number of hydrogen-bond donors (Lipinski definition) is 1. The van der Waals surface area contributed by atoms with E-state index in [1.807, 2.05) is 31.2 Å². The maximum absolute atomic E-state index is 12.3. The van der Waals surface area contributed by atoms with Gasteiger partial charge in [-0.3, -0.25) is 4.79 Å². The van der Waals surface area contributed by atoms with Gasteiger partial charge in [-0.2, -0.15) is 4.52 Å². The van der Waals surface area contributed by atoms with E-state index in [-0.39, 0.29) is 5.91 Å². The molecule has 27 heavy (non-hydrogen) atoms. The number of carbonyl (C=O) groups is 1. The quantitative estimate of drug-likeness (QED) is 0.747. The van der Waals surface area contributed by atoms with Crippen molar-refractivity contribution in [2.24, 2.45) is 0 Å². The number of pyridine rings is 1. The number of hydrogen-bond acceptors (Lipinski definition) is 6. The second-order valence-corrected chi connectivity index (χ2v) is 6.84. The van der Waals surface area contributed by atoms with Crippen LogP contribution in [0.15, 0.2) is 30.5 Å². The molecule has 1 fully saturated rings. The Hall–Kier alpha value is -3.03. The van der Waals surface area contributed by atoms with Gasteiger partial charge in [0, 0.05) is 32.1 Å². The van der Waals surface area contributed by atoms with Crippen LogP contribution in [0.25, 0.3) is 5.65 Å². The molecule has 8 nitrogen and oxygen atoms in total. The van der Waals surface area contributed by atoms with Gasteiger partial charge in [0.1, 0.15) is 11.6 Å². The zero-order valence-corrected chi connectivity index (χ0v) is 15.4. The van der Waals surface area contributed by atoms with Crippen molar-refractivity contribution in [2.75, 3.05) is 23.3 Å². The average molecular weight is 365 g/mol. The van der Waals surface area contributed by atoms with Crippen LogP contribution in [-0.4, -0.2) is 43.8 Å². The minimum absolute atomic E-state index is 0.0965. The molecule has 0 unspecified atom stereocenters. The van der Waals surface area contributed by atoms with Gasteiger partial charge >= 0.3 is 0 Å². The number of fused-ring (bicyclic) bond motifs is 1. The lowest BCUT2D eigenvalue weighted by molar-refractivity contribution is -0.116. The highest BCUT2D eigenvalue weighted by atomic mass is 16.1. The van der Waals surface area contributed by atoms with Crippen molar-refractivity contribution >= 4 is 23.2 Å². The molecular weight excluding hydrogens is 342 g/mol. The molecule has 140 valence electrons. The van der Waals surface area contributed by atoms with Crippen LogP contribution in [0.5, 0.6) is 0 Å². The normalized spacial score (nSPS) is 14.5. The van der Waals surface area contributed by atoms with Gasteiger partial charge in [0.05, 0.1) is 0 Å². The minimum Gasteiger partial charge on any atom is -0.355 e. The van der Waals surface area contributed by atoms with Crippen molar-refractivity contribution in [2.45, 2.75) is 39.0 Å². The van der Waals surface area contributed by atoms with E-state index in [0.717, 1.165) is 24.5 Å². The van der Waals surface area contributed by atoms with E-state index in [1.54, 1.807) is 10.7 Å². The second-order valence-electron chi connectivity index (χ2n) is 6.84. The van der Waals surface area contributed by atoms with Crippen LogP contribution < -0.4 is 10.2 Å². The number of nitrogens with zero attached hydrogens (tertiary/aromatic N) is 6. The minimum atomic E-state index is -0.0965. The summed E-state index contributed by atoms with van der Waals surface area (Å²) in [5, 5.41) is 15.9. The van der Waals surface area contributed by atoms with Crippen molar-refractivity contribution in [3.05, 3.63) is 41.9 Å². The Morgan fingerprint density at radius 2 is 2.00 bits per heavy atom. The Labute approximate surface area is 157 Å². The number of aromatic nitrogens is 5. The highest BCUT2D eigenvalue weighted by molar-refractivity contribution is 5.90. The molecule has 3 aromatic heterocycles. The number of piperidine rings is 1. The molecule has 0 saturated carbocycles. The zero-order valence-electron chi connectivity index (χ0n) is 15.4. The molecular formula is C19H23N7O. The third-order valence-corrected chi connectivity index (χ3v) is 4.84. The van der Waals surface area contributed by atoms with Crippen molar-refractivity contribution < 1.29 is 4.79 Å². The van der Waals surface area contributed by atoms with E-state index >= 15 is 0 Å². The van der Waals surface area contributed by atoms with Crippen LogP contribution in [0.2, 0.25) is 0 Å². The number of anilines is 2. The topological polar surface area (TPSA) is 88.3 Å². The van der Waals surface area contributed by atoms with Crippen LogP contribution in [-0.2, 0) is 11.2 Å². The number of carbonyl (C=O) groups excluding carboxylic acids is 1. The van der Waals surface area contributed by atoms with Gasteiger partial charge in [0.25, 0.3) is 0 Å². The molecule has 1 aliphatic heterocycles. The lowest BCUT2D eigenvalue weighted by Gasteiger charge is -2.27. The summed E-state index contributed by atoms with van der Waals surface area (Å²) < 4.78 is 1.75. The first-order valence-corrected chi connectivity index (χ1v) is 9.38. The molecule has 1 aliphatic rings. The summed E-state index contributed by atoms with van der Waals surface area (Å²) in [4.78, 5) is 18.8. The van der Waals surface area contributed by atoms with Crippen molar-refractivity contribution in [3.63, 3.8) is 0 Å². The van der Waals surface area contributed by atoms with Gasteiger partial charge in [-0.1, -0.05) is 6.07 Å². The van der Waals surface area contributed by atoms with E-state index in [2.05, 4.69) is 25.4 Å². The smallest absolute Gasteiger partial charge is 0.225 e. The number of aryl methyl sites for hydroxylation is 2. The lowest BCUT2D eigenvalue weighted by atomic mass is 10.1. The van der Waals surface area contributed by atoms with Crippen molar-refractivity contribution in [3.8, 4) is 0 Å². The zero-order chi connectivity index (χ0) is 18.6. The number of rotatable bonds is 5. The molecule has 0 atom stereocenters. The Morgan fingerprint density at radius 3 is 2.81 bits per heavy atom. The first-order chi connectivity index (χ1) is 13.2. The maximum atomic E-state index is 12.3. The molecule has 1 saturated heterocycles. The molecule has 1 amide bonds. The van der Waals surface area contributed by atoms with Gasteiger partial charge < -0.3 is 10.2 Å². The Bertz CT molecular complexity index is 946. The Morgan fingerprint density at radius 1 is 1.15 bits per heavy atom. The predicted molar refractivity (Wildman–Crippen MR) is 103 cm³/mol. The molecule has 4 rings (SSSR count). The third-order valence-electron chi connectivity index (χ3n) is 4.84. The SMILES string of the molecule is Cc1cccnc1NC(=O)CCc1nnc2ccc(N3CCCCC3)nn12. The molecule has 0 aliphatic carbocycles. The standard InChI is InChI=1S/C19H23N7O/c1-14-6-5-11-20-19(14)21-18(27)10-9-16-23-22-15-7-8-17(24-26(15)16)25-12-3-2-4-13-25/h5-8,11H,2-4,9-10,12-13H2,1H3,(H,20,21,27). The van der Waals surface area contributed by atoms with Crippen LogP contribution in [0.3, 0.4) is 0 Å². The molecule has 0 radical (unpaired) electrons. The monoisotopic (exact) mass is 365 g/mol. The summed E-state index contributed by atoms with van der Waals surface area (Å²) in [5.41, 5.74) is 1.64. The molecule has 4 heterocycles. The fourth-order valence-corrected chi connectivity index (χ4v) is 3.31. The van der Waals surface area contributed by atoms with Gasteiger partial charge in [-0.05, 0) is 49.9 Å². The Kier molecular flexibility index (Phi) is 4.95. The van der Waals surface area contributed by atoms with Gasteiger partial charge in [0.15, 0.2) is 11.5 Å². The van der Waals surface area contributed by atoms with Crippen LogP contribution in [0, 0.1) is 6.92 Å². The Balaban J connectivity index is 1.45. The lowest BCUT2D eigenvalue weighted by Crippen LogP contribution is -2.30. The van der Waals surface area contributed by atoms with E-state index in [1.165, 1.54) is 19.3 Å². The van der Waals surface area contributed by atoms with Gasteiger partial charge in [-0.25, -0.2) is 4.98 Å². The van der Waals surface area contributed by atoms with Crippen LogP contribution >= 0.6 is 0 Å². The number of nitrogens with one attached hydrogen (secondary N) is 1. The molecule has 0 spiro atoms. The van der Waals surface area contributed by atoms with Crippen molar-refractivity contribution in [1.29, 1.82) is 0 Å². The molecule has 0 bridgehead atoms. The molecule has 8 heteroatoms. The fourth-order valence-electron chi connectivity index (χ4n) is 3.31. The van der Waals surface area contributed by atoms with Crippen LogP contribution in [0.1, 0.15) is 37.1 Å². The first kappa shape index (κ1) is 17.4. The van der Waals surface area contributed by atoms with Crippen molar-refractivity contribution in [1.82, 2.24) is 24.8 Å². The van der Waals surface area contributed by atoms with Crippen LogP contribution in [0.4, 0.5) is 11.6 Å². The maximum Gasteiger partial charge on any atom is 0.225 e. The molecule has 1 N–H and O–H groups in total. The summed E-state index contributed by atoms with van der Waals surface area (Å²) in [6, 6.07) is 7.69. The number of amides is 1.